The van der Waals surface area contributed by atoms with Crippen LogP contribution in [-0.4, -0.2) is 42.6 Å². The second-order valence-electron chi connectivity index (χ2n) is 7.92. The number of oxazole rings is 1. The minimum Gasteiger partial charge on any atom is -0.423 e. The molecule has 0 N–H and O–H groups in total. The van der Waals surface area contributed by atoms with E-state index >= 15 is 0 Å². The summed E-state index contributed by atoms with van der Waals surface area (Å²) < 4.78 is 5.99. The van der Waals surface area contributed by atoms with Crippen LogP contribution in [0, 0.1) is 11.3 Å². The molecule has 3 fully saturated rings. The topological polar surface area (TPSA) is 32.5 Å². The molecule has 5 rings (SSSR count). The van der Waals surface area contributed by atoms with Crippen molar-refractivity contribution in [3.8, 4) is 0 Å². The summed E-state index contributed by atoms with van der Waals surface area (Å²) in [6.45, 7) is 6.12. The SMILES string of the molecule is c1ccc2oc(N3CC[C@]4(CCCN(CC5CC5)C4)C3)nc2c1. The molecule has 122 valence electrons. The average molecular weight is 311 g/mol. The van der Waals surface area contributed by atoms with Crippen molar-refractivity contribution in [1.82, 2.24) is 9.88 Å². The molecule has 23 heavy (non-hydrogen) atoms. The minimum atomic E-state index is 0.466. The van der Waals surface area contributed by atoms with E-state index in [0.29, 0.717) is 5.41 Å². The van der Waals surface area contributed by atoms with Crippen molar-refractivity contribution in [3.63, 3.8) is 0 Å². The summed E-state index contributed by atoms with van der Waals surface area (Å²) in [7, 11) is 0. The van der Waals surface area contributed by atoms with Gasteiger partial charge in [-0.3, -0.25) is 0 Å². The molecular formula is C19H25N3O. The van der Waals surface area contributed by atoms with Crippen molar-refractivity contribution in [2.24, 2.45) is 11.3 Å². The average Bonchev–Trinajstić information content (AvgIpc) is 3.12. The lowest BCUT2D eigenvalue weighted by Gasteiger charge is -2.40. The Labute approximate surface area is 137 Å². The van der Waals surface area contributed by atoms with Gasteiger partial charge in [0, 0.05) is 31.6 Å². The molecule has 2 saturated heterocycles. The molecule has 2 aromatic rings. The Bertz CT molecular complexity index is 674. The zero-order valence-corrected chi connectivity index (χ0v) is 13.7. The first-order chi connectivity index (χ1) is 11.3. The molecule has 3 aliphatic rings. The van der Waals surface area contributed by atoms with Gasteiger partial charge < -0.3 is 14.2 Å². The molecule has 1 saturated carbocycles. The number of anilines is 1. The number of aromatic nitrogens is 1. The van der Waals surface area contributed by atoms with Gasteiger partial charge in [-0.2, -0.15) is 4.98 Å². The number of piperidine rings is 1. The van der Waals surface area contributed by atoms with Gasteiger partial charge in [-0.05, 0) is 56.7 Å². The third-order valence-electron chi connectivity index (χ3n) is 5.95. The van der Waals surface area contributed by atoms with E-state index in [0.717, 1.165) is 36.1 Å². The van der Waals surface area contributed by atoms with Crippen LogP contribution in [0.25, 0.3) is 11.1 Å². The van der Waals surface area contributed by atoms with Gasteiger partial charge in [-0.25, -0.2) is 0 Å². The van der Waals surface area contributed by atoms with Gasteiger partial charge in [0.05, 0.1) is 0 Å². The smallest absolute Gasteiger partial charge is 0.298 e. The lowest BCUT2D eigenvalue weighted by atomic mass is 9.79. The largest absolute Gasteiger partial charge is 0.423 e. The second-order valence-corrected chi connectivity index (χ2v) is 7.92. The highest BCUT2D eigenvalue weighted by Gasteiger charge is 2.43. The van der Waals surface area contributed by atoms with Crippen LogP contribution in [0.3, 0.4) is 0 Å². The predicted molar refractivity (Wildman–Crippen MR) is 91.7 cm³/mol. The quantitative estimate of drug-likeness (QED) is 0.868. The van der Waals surface area contributed by atoms with Crippen LogP contribution in [0.4, 0.5) is 6.01 Å². The van der Waals surface area contributed by atoms with Crippen LogP contribution < -0.4 is 4.90 Å². The van der Waals surface area contributed by atoms with Gasteiger partial charge in [0.25, 0.3) is 6.01 Å². The molecule has 0 bridgehead atoms. The summed E-state index contributed by atoms with van der Waals surface area (Å²) in [5.74, 6) is 1.000. The highest BCUT2D eigenvalue weighted by molar-refractivity contribution is 5.74. The Morgan fingerprint density at radius 1 is 1.13 bits per heavy atom. The Balaban J connectivity index is 1.32. The molecule has 1 aromatic heterocycles. The van der Waals surface area contributed by atoms with Crippen molar-refractivity contribution < 1.29 is 4.42 Å². The van der Waals surface area contributed by atoms with E-state index in [9.17, 15) is 0 Å². The lowest BCUT2D eigenvalue weighted by Crippen LogP contribution is -2.45. The number of likely N-dealkylation sites (tertiary alicyclic amines) is 1. The normalized spacial score (nSPS) is 29.0. The number of hydrogen-bond donors (Lipinski definition) is 0. The lowest BCUT2D eigenvalue weighted by molar-refractivity contribution is 0.101. The fourth-order valence-electron chi connectivity index (χ4n) is 4.56. The zero-order valence-electron chi connectivity index (χ0n) is 13.7. The first-order valence-electron chi connectivity index (χ1n) is 9.13. The number of benzene rings is 1. The van der Waals surface area contributed by atoms with E-state index in [-0.39, 0.29) is 0 Å². The predicted octanol–water partition coefficient (Wildman–Crippen LogP) is 3.53. The number of rotatable bonds is 3. The van der Waals surface area contributed by atoms with Crippen molar-refractivity contribution in [2.75, 3.05) is 37.6 Å². The first kappa shape index (κ1) is 13.8. The van der Waals surface area contributed by atoms with Gasteiger partial charge in [-0.1, -0.05) is 12.1 Å². The Kier molecular flexibility index (Phi) is 3.15. The van der Waals surface area contributed by atoms with Gasteiger partial charge in [0.1, 0.15) is 5.52 Å². The van der Waals surface area contributed by atoms with E-state index in [1.807, 2.05) is 24.3 Å². The maximum Gasteiger partial charge on any atom is 0.298 e. The zero-order chi connectivity index (χ0) is 15.3. The minimum absolute atomic E-state index is 0.466. The second kappa shape index (κ2) is 5.23. The summed E-state index contributed by atoms with van der Waals surface area (Å²) in [5.41, 5.74) is 2.35. The monoisotopic (exact) mass is 311 g/mol. The van der Waals surface area contributed by atoms with Crippen LogP contribution >= 0.6 is 0 Å². The van der Waals surface area contributed by atoms with Crippen LogP contribution in [0.1, 0.15) is 32.1 Å². The summed E-state index contributed by atoms with van der Waals surface area (Å²) >= 11 is 0. The van der Waals surface area contributed by atoms with Crippen molar-refractivity contribution in [3.05, 3.63) is 24.3 Å². The van der Waals surface area contributed by atoms with Crippen molar-refractivity contribution in [1.29, 1.82) is 0 Å². The molecular weight excluding hydrogens is 286 g/mol. The van der Waals surface area contributed by atoms with Gasteiger partial charge in [-0.15, -0.1) is 0 Å². The number of fused-ring (bicyclic) bond motifs is 1. The molecule has 0 amide bonds. The van der Waals surface area contributed by atoms with E-state index in [1.165, 1.54) is 51.7 Å². The van der Waals surface area contributed by atoms with E-state index < -0.39 is 0 Å². The molecule has 1 aliphatic carbocycles. The molecule has 1 spiro atoms. The number of para-hydroxylation sites is 2. The Hall–Kier alpha value is -1.55. The molecule has 0 radical (unpaired) electrons. The van der Waals surface area contributed by atoms with E-state index in [2.05, 4.69) is 9.80 Å². The third-order valence-corrected chi connectivity index (χ3v) is 5.95. The summed E-state index contributed by atoms with van der Waals surface area (Å²) in [6, 6.07) is 8.90. The highest BCUT2D eigenvalue weighted by atomic mass is 16.4. The fourth-order valence-corrected chi connectivity index (χ4v) is 4.56. The Morgan fingerprint density at radius 2 is 2.04 bits per heavy atom. The number of hydrogen-bond acceptors (Lipinski definition) is 4. The van der Waals surface area contributed by atoms with Crippen LogP contribution in [0.5, 0.6) is 0 Å². The van der Waals surface area contributed by atoms with Crippen LogP contribution in [0.2, 0.25) is 0 Å². The number of nitrogens with zero attached hydrogens (tertiary/aromatic N) is 3. The molecule has 2 aliphatic heterocycles. The van der Waals surface area contributed by atoms with Crippen LogP contribution in [0.15, 0.2) is 28.7 Å². The van der Waals surface area contributed by atoms with Crippen LogP contribution in [-0.2, 0) is 0 Å². The third kappa shape index (κ3) is 2.63. The first-order valence-corrected chi connectivity index (χ1v) is 9.13. The van der Waals surface area contributed by atoms with E-state index in [1.54, 1.807) is 0 Å². The van der Waals surface area contributed by atoms with Gasteiger partial charge in [0.2, 0.25) is 0 Å². The highest BCUT2D eigenvalue weighted by Crippen LogP contribution is 2.42. The van der Waals surface area contributed by atoms with Gasteiger partial charge >= 0.3 is 0 Å². The maximum absolute atomic E-state index is 5.99. The van der Waals surface area contributed by atoms with Crippen molar-refractivity contribution >= 4 is 17.1 Å². The maximum atomic E-state index is 5.99. The molecule has 4 heteroatoms. The molecule has 1 atom stereocenters. The molecule has 1 aromatic carbocycles. The summed E-state index contributed by atoms with van der Waals surface area (Å²) in [6.07, 6.45) is 6.92. The summed E-state index contributed by atoms with van der Waals surface area (Å²) in [5, 5.41) is 0. The molecule has 0 unspecified atom stereocenters. The fraction of sp³-hybridized carbons (Fsp3) is 0.632. The van der Waals surface area contributed by atoms with Gasteiger partial charge in [0.15, 0.2) is 5.58 Å². The molecule has 4 nitrogen and oxygen atoms in total. The molecule has 3 heterocycles. The standard InChI is InChI=1S/C19H25N3O/c1-2-5-17-16(4-1)20-18(23-17)22-11-9-19(14-22)8-3-10-21(13-19)12-15-6-7-15/h1-2,4-5,15H,3,6-14H2/t19-/m0/s1. The summed E-state index contributed by atoms with van der Waals surface area (Å²) in [4.78, 5) is 9.80. The van der Waals surface area contributed by atoms with E-state index in [4.69, 9.17) is 9.40 Å². The van der Waals surface area contributed by atoms with Crippen molar-refractivity contribution in [2.45, 2.75) is 32.1 Å². The Morgan fingerprint density at radius 3 is 2.91 bits per heavy atom.